The first-order valence-electron chi connectivity index (χ1n) is 6.73. The second-order valence-electron chi connectivity index (χ2n) is 5.55. The van der Waals surface area contributed by atoms with E-state index in [1.807, 2.05) is 13.0 Å². The quantitative estimate of drug-likeness (QED) is 0.863. The van der Waals surface area contributed by atoms with E-state index in [1.54, 1.807) is 17.0 Å². The molecule has 1 saturated carbocycles. The Hall–Kier alpha value is -1.57. The van der Waals surface area contributed by atoms with Crippen molar-refractivity contribution in [1.29, 1.82) is 5.26 Å². The third-order valence-electron chi connectivity index (χ3n) is 4.53. The first kappa shape index (κ1) is 13.4. The van der Waals surface area contributed by atoms with E-state index in [0.717, 1.165) is 17.7 Å². The molecule has 0 bridgehead atoms. The molecule has 1 amide bonds. The molecule has 3 rings (SSSR count). The van der Waals surface area contributed by atoms with E-state index in [4.69, 9.17) is 16.9 Å². The van der Waals surface area contributed by atoms with Gasteiger partial charge in [-0.15, -0.1) is 0 Å². The zero-order chi connectivity index (χ0) is 14.4. The zero-order valence-corrected chi connectivity index (χ0v) is 11.9. The number of hydrogen-bond acceptors (Lipinski definition) is 3. The summed E-state index contributed by atoms with van der Waals surface area (Å²) >= 11 is 6.16. The normalized spacial score (nSPS) is 28.6. The number of anilines is 1. The number of aliphatic hydroxyl groups is 1. The van der Waals surface area contributed by atoms with Crippen LogP contribution in [0.25, 0.3) is 0 Å². The fourth-order valence-corrected chi connectivity index (χ4v) is 3.58. The first-order valence-corrected chi connectivity index (χ1v) is 7.11. The van der Waals surface area contributed by atoms with Crippen molar-refractivity contribution in [1.82, 2.24) is 0 Å². The smallest absolute Gasteiger partial charge is 0.230 e. The number of nitrogens with zero attached hydrogens (tertiary/aromatic N) is 2. The highest BCUT2D eigenvalue weighted by atomic mass is 35.5. The van der Waals surface area contributed by atoms with Gasteiger partial charge in [0.1, 0.15) is 6.07 Å². The van der Waals surface area contributed by atoms with Crippen molar-refractivity contribution < 1.29 is 9.90 Å². The van der Waals surface area contributed by atoms with Gasteiger partial charge in [0.15, 0.2) is 0 Å². The standard InChI is InChI=1S/C15H15ClN2O2/c1-8-12(4-2-9(6-17)14(8)16)18-7-11-10(15(18)20)3-5-13(11)19/h2,4,10-11,13,19H,3,5,7H2,1H3/t10-,11-,13-/m1/s1. The van der Waals surface area contributed by atoms with Crippen molar-refractivity contribution in [3.8, 4) is 6.07 Å². The van der Waals surface area contributed by atoms with Crippen LogP contribution in [-0.2, 0) is 4.79 Å². The molecule has 1 aliphatic carbocycles. The number of benzene rings is 1. The highest BCUT2D eigenvalue weighted by Gasteiger charge is 2.48. The van der Waals surface area contributed by atoms with Crippen molar-refractivity contribution in [3.63, 3.8) is 0 Å². The van der Waals surface area contributed by atoms with Crippen LogP contribution in [0.4, 0.5) is 5.69 Å². The molecule has 2 fully saturated rings. The van der Waals surface area contributed by atoms with Crippen molar-refractivity contribution >= 4 is 23.2 Å². The highest BCUT2D eigenvalue weighted by molar-refractivity contribution is 6.33. The molecule has 20 heavy (non-hydrogen) atoms. The van der Waals surface area contributed by atoms with Crippen LogP contribution >= 0.6 is 11.6 Å². The van der Waals surface area contributed by atoms with Gasteiger partial charge in [-0.2, -0.15) is 5.26 Å². The summed E-state index contributed by atoms with van der Waals surface area (Å²) in [7, 11) is 0. The number of aliphatic hydroxyl groups excluding tert-OH is 1. The molecule has 4 nitrogen and oxygen atoms in total. The lowest BCUT2D eigenvalue weighted by atomic mass is 9.99. The maximum atomic E-state index is 12.5. The van der Waals surface area contributed by atoms with Gasteiger partial charge in [0, 0.05) is 24.1 Å². The number of rotatable bonds is 1. The molecule has 104 valence electrons. The van der Waals surface area contributed by atoms with Crippen LogP contribution in [0.5, 0.6) is 0 Å². The summed E-state index contributed by atoms with van der Waals surface area (Å²) in [5.74, 6) is 0.0190. The van der Waals surface area contributed by atoms with Crippen molar-refractivity contribution in [2.75, 3.05) is 11.4 Å². The third kappa shape index (κ3) is 1.81. The van der Waals surface area contributed by atoms with Crippen LogP contribution in [0.15, 0.2) is 12.1 Å². The van der Waals surface area contributed by atoms with E-state index in [0.29, 0.717) is 23.6 Å². The molecule has 1 aromatic rings. The highest BCUT2D eigenvalue weighted by Crippen LogP contribution is 2.42. The predicted octanol–water partition coefficient (Wildman–Crippen LogP) is 2.25. The summed E-state index contributed by atoms with van der Waals surface area (Å²) in [4.78, 5) is 14.2. The number of amides is 1. The molecule has 0 radical (unpaired) electrons. The Kier molecular flexibility index (Phi) is 3.19. The number of halogens is 1. The molecule has 1 aliphatic heterocycles. The van der Waals surface area contributed by atoms with Gasteiger partial charge in [0.05, 0.1) is 16.7 Å². The van der Waals surface area contributed by atoms with Gasteiger partial charge in [-0.1, -0.05) is 11.6 Å². The maximum absolute atomic E-state index is 12.5. The minimum absolute atomic E-state index is 0.0244. The van der Waals surface area contributed by atoms with E-state index in [9.17, 15) is 9.90 Å². The summed E-state index contributed by atoms with van der Waals surface area (Å²) in [5, 5.41) is 19.3. The summed E-state index contributed by atoms with van der Waals surface area (Å²) in [6, 6.07) is 5.45. The van der Waals surface area contributed by atoms with Crippen LogP contribution in [-0.4, -0.2) is 23.7 Å². The molecule has 1 heterocycles. The Morgan fingerprint density at radius 2 is 2.20 bits per heavy atom. The Bertz CT molecular complexity index is 623. The molecular formula is C15H15ClN2O2. The minimum atomic E-state index is -0.386. The SMILES string of the molecule is Cc1c(N2C[C@H]3[C@H](O)CC[C@H]3C2=O)ccc(C#N)c1Cl. The van der Waals surface area contributed by atoms with E-state index >= 15 is 0 Å². The summed E-state index contributed by atoms with van der Waals surface area (Å²) in [6.07, 6.45) is 1.08. The van der Waals surface area contributed by atoms with Crippen molar-refractivity contribution in [3.05, 3.63) is 28.3 Å². The molecule has 5 heteroatoms. The van der Waals surface area contributed by atoms with Gasteiger partial charge in [-0.25, -0.2) is 0 Å². The van der Waals surface area contributed by atoms with Crippen LogP contribution in [0.1, 0.15) is 24.0 Å². The van der Waals surface area contributed by atoms with E-state index in [-0.39, 0.29) is 23.8 Å². The maximum Gasteiger partial charge on any atom is 0.230 e. The summed E-state index contributed by atoms with van der Waals surface area (Å²) in [5.41, 5.74) is 1.91. The first-order chi connectivity index (χ1) is 9.54. The molecular weight excluding hydrogens is 276 g/mol. The number of hydrogen-bond donors (Lipinski definition) is 1. The molecule has 1 aromatic carbocycles. The molecule has 0 spiro atoms. The average molecular weight is 291 g/mol. The average Bonchev–Trinajstić information content (AvgIpc) is 2.95. The topological polar surface area (TPSA) is 64.3 Å². The number of nitriles is 1. The molecule has 1 N–H and O–H groups in total. The fourth-order valence-electron chi connectivity index (χ4n) is 3.37. The van der Waals surface area contributed by atoms with E-state index < -0.39 is 0 Å². The van der Waals surface area contributed by atoms with Gasteiger partial charge in [-0.3, -0.25) is 4.79 Å². The second-order valence-corrected chi connectivity index (χ2v) is 5.92. The molecule has 0 unspecified atom stereocenters. The van der Waals surface area contributed by atoms with Gasteiger partial charge in [-0.05, 0) is 37.5 Å². The summed E-state index contributed by atoms with van der Waals surface area (Å²) < 4.78 is 0. The number of carbonyl (C=O) groups excluding carboxylic acids is 1. The second kappa shape index (κ2) is 4.76. The van der Waals surface area contributed by atoms with Crippen LogP contribution in [0, 0.1) is 30.1 Å². The lowest BCUT2D eigenvalue weighted by Crippen LogP contribution is -2.28. The lowest BCUT2D eigenvalue weighted by Gasteiger charge is -2.21. The van der Waals surface area contributed by atoms with Crippen molar-refractivity contribution in [2.24, 2.45) is 11.8 Å². The van der Waals surface area contributed by atoms with Crippen LogP contribution in [0.2, 0.25) is 5.02 Å². The van der Waals surface area contributed by atoms with Crippen LogP contribution < -0.4 is 4.90 Å². The minimum Gasteiger partial charge on any atom is -0.393 e. The number of fused-ring (bicyclic) bond motifs is 1. The van der Waals surface area contributed by atoms with Gasteiger partial charge in [0.25, 0.3) is 0 Å². The molecule has 3 atom stereocenters. The zero-order valence-electron chi connectivity index (χ0n) is 11.1. The van der Waals surface area contributed by atoms with Gasteiger partial charge >= 0.3 is 0 Å². The molecule has 2 aliphatic rings. The van der Waals surface area contributed by atoms with Crippen LogP contribution in [0.3, 0.4) is 0 Å². The predicted molar refractivity (Wildman–Crippen MR) is 75.5 cm³/mol. The third-order valence-corrected chi connectivity index (χ3v) is 5.02. The Morgan fingerprint density at radius 3 is 2.85 bits per heavy atom. The Morgan fingerprint density at radius 1 is 1.45 bits per heavy atom. The van der Waals surface area contributed by atoms with Gasteiger partial charge in [0.2, 0.25) is 5.91 Å². The largest absolute Gasteiger partial charge is 0.393 e. The number of carbonyl (C=O) groups is 1. The van der Waals surface area contributed by atoms with E-state index in [2.05, 4.69) is 0 Å². The van der Waals surface area contributed by atoms with E-state index in [1.165, 1.54) is 0 Å². The Labute approximate surface area is 122 Å². The fraction of sp³-hybridized carbons (Fsp3) is 0.467. The van der Waals surface area contributed by atoms with Crippen molar-refractivity contribution in [2.45, 2.75) is 25.9 Å². The monoisotopic (exact) mass is 290 g/mol. The molecule has 1 saturated heterocycles. The van der Waals surface area contributed by atoms with Gasteiger partial charge < -0.3 is 10.0 Å². The summed E-state index contributed by atoms with van der Waals surface area (Å²) in [6.45, 7) is 2.35. The lowest BCUT2D eigenvalue weighted by molar-refractivity contribution is -0.120. The Balaban J connectivity index is 1.98. The molecule has 0 aromatic heterocycles.